The van der Waals surface area contributed by atoms with Crippen LogP contribution < -0.4 is 5.43 Å². The van der Waals surface area contributed by atoms with Crippen LogP contribution >= 0.6 is 11.6 Å². The molecule has 0 radical (unpaired) electrons. The van der Waals surface area contributed by atoms with E-state index >= 15 is 0 Å². The first-order valence-electron chi connectivity index (χ1n) is 6.34. The van der Waals surface area contributed by atoms with Crippen molar-refractivity contribution in [2.75, 3.05) is 12.5 Å². The van der Waals surface area contributed by atoms with Gasteiger partial charge in [0.15, 0.2) is 0 Å². The van der Waals surface area contributed by atoms with Gasteiger partial charge >= 0.3 is 5.97 Å². The summed E-state index contributed by atoms with van der Waals surface area (Å²) < 4.78 is 4.64. The molecule has 0 atom stereocenters. The number of nitrogens with zero attached hydrogens (tertiary/aromatic N) is 1. The van der Waals surface area contributed by atoms with Gasteiger partial charge in [-0.25, -0.2) is 4.79 Å². The number of hydrogen-bond acceptors (Lipinski definition) is 4. The summed E-state index contributed by atoms with van der Waals surface area (Å²) >= 11 is 6.03. The summed E-state index contributed by atoms with van der Waals surface area (Å²) in [5, 5.41) is 4.82. The van der Waals surface area contributed by atoms with E-state index in [2.05, 4.69) is 15.3 Å². The minimum absolute atomic E-state index is 0.356. The molecule has 0 fully saturated rings. The molecule has 0 bridgehead atoms. The van der Waals surface area contributed by atoms with Crippen LogP contribution in [0.4, 0.5) is 5.69 Å². The fourth-order valence-corrected chi connectivity index (χ4v) is 1.85. The third kappa shape index (κ3) is 4.07. The van der Waals surface area contributed by atoms with Crippen molar-refractivity contribution in [2.45, 2.75) is 6.92 Å². The van der Waals surface area contributed by atoms with Crippen molar-refractivity contribution in [3.8, 4) is 0 Å². The predicted molar refractivity (Wildman–Crippen MR) is 85.2 cm³/mol. The molecule has 0 unspecified atom stereocenters. The van der Waals surface area contributed by atoms with Crippen LogP contribution in [0.2, 0.25) is 5.02 Å². The number of carbonyl (C=O) groups is 1. The zero-order valence-corrected chi connectivity index (χ0v) is 12.5. The number of benzene rings is 2. The standard InChI is InChI=1S/C16H15ClN2O2/c1-11-3-8-14(9-15(11)17)19-18-10-12-4-6-13(7-5-12)16(20)21-2/h3-10,19H,1-2H3/b18-10+. The zero-order valence-electron chi connectivity index (χ0n) is 11.8. The molecule has 0 spiro atoms. The summed E-state index contributed by atoms with van der Waals surface area (Å²) in [5.74, 6) is -0.356. The van der Waals surface area contributed by atoms with Gasteiger partial charge in [0.25, 0.3) is 0 Å². The molecule has 4 nitrogen and oxygen atoms in total. The van der Waals surface area contributed by atoms with Crippen molar-refractivity contribution in [1.82, 2.24) is 0 Å². The fourth-order valence-electron chi connectivity index (χ4n) is 1.67. The Kier molecular flexibility index (Phi) is 4.95. The predicted octanol–water partition coefficient (Wildman–Crippen LogP) is 3.88. The third-order valence-corrected chi connectivity index (χ3v) is 3.32. The number of rotatable bonds is 4. The summed E-state index contributed by atoms with van der Waals surface area (Å²) in [6, 6.07) is 12.6. The summed E-state index contributed by atoms with van der Waals surface area (Å²) in [4.78, 5) is 11.3. The van der Waals surface area contributed by atoms with Gasteiger partial charge in [-0.3, -0.25) is 5.43 Å². The first kappa shape index (κ1) is 15.1. The Morgan fingerprint density at radius 3 is 2.57 bits per heavy atom. The zero-order chi connectivity index (χ0) is 15.2. The van der Waals surface area contributed by atoms with E-state index in [-0.39, 0.29) is 5.97 Å². The van der Waals surface area contributed by atoms with Crippen LogP contribution in [-0.2, 0) is 4.74 Å². The van der Waals surface area contributed by atoms with E-state index in [9.17, 15) is 4.79 Å². The molecule has 0 aliphatic heterocycles. The highest BCUT2D eigenvalue weighted by molar-refractivity contribution is 6.31. The van der Waals surface area contributed by atoms with Crippen LogP contribution in [0.15, 0.2) is 47.6 Å². The molecule has 0 aromatic heterocycles. The van der Waals surface area contributed by atoms with Crippen molar-refractivity contribution >= 4 is 29.5 Å². The van der Waals surface area contributed by atoms with Crippen molar-refractivity contribution in [1.29, 1.82) is 0 Å². The first-order valence-corrected chi connectivity index (χ1v) is 6.71. The van der Waals surface area contributed by atoms with Gasteiger partial charge in [-0.15, -0.1) is 0 Å². The molecule has 2 aromatic rings. The highest BCUT2D eigenvalue weighted by Gasteiger charge is 2.03. The highest BCUT2D eigenvalue weighted by Crippen LogP contribution is 2.19. The maximum Gasteiger partial charge on any atom is 0.337 e. The molecule has 0 saturated heterocycles. The van der Waals surface area contributed by atoms with E-state index in [0.717, 1.165) is 16.8 Å². The number of hydrogen-bond donors (Lipinski definition) is 1. The quantitative estimate of drug-likeness (QED) is 0.530. The minimum Gasteiger partial charge on any atom is -0.465 e. The molecule has 0 saturated carbocycles. The van der Waals surface area contributed by atoms with Crippen LogP contribution in [0.25, 0.3) is 0 Å². The third-order valence-electron chi connectivity index (χ3n) is 2.91. The SMILES string of the molecule is COC(=O)c1ccc(/C=N/Nc2ccc(C)c(Cl)c2)cc1. The number of carbonyl (C=O) groups excluding carboxylic acids is 1. The van der Waals surface area contributed by atoms with Crippen LogP contribution in [0.3, 0.4) is 0 Å². The fraction of sp³-hybridized carbons (Fsp3) is 0.125. The number of ether oxygens (including phenoxy) is 1. The van der Waals surface area contributed by atoms with Gasteiger partial charge in [0.1, 0.15) is 0 Å². The second-order valence-electron chi connectivity index (χ2n) is 4.45. The van der Waals surface area contributed by atoms with Gasteiger partial charge in [0.05, 0.1) is 24.6 Å². The smallest absolute Gasteiger partial charge is 0.337 e. The number of halogens is 1. The molecule has 0 amide bonds. The average Bonchev–Trinajstić information content (AvgIpc) is 2.51. The average molecular weight is 303 g/mol. The van der Waals surface area contributed by atoms with Gasteiger partial charge in [-0.1, -0.05) is 29.8 Å². The Bertz CT molecular complexity index is 666. The Morgan fingerprint density at radius 2 is 1.95 bits per heavy atom. The van der Waals surface area contributed by atoms with E-state index in [1.807, 2.05) is 25.1 Å². The van der Waals surface area contributed by atoms with E-state index in [1.165, 1.54) is 7.11 Å². The number of methoxy groups -OCH3 is 1. The molecular weight excluding hydrogens is 288 g/mol. The Morgan fingerprint density at radius 1 is 1.24 bits per heavy atom. The summed E-state index contributed by atoms with van der Waals surface area (Å²) in [6.45, 7) is 1.94. The molecule has 108 valence electrons. The molecule has 0 aliphatic rings. The van der Waals surface area contributed by atoms with Gasteiger partial charge in [-0.2, -0.15) is 5.10 Å². The molecular formula is C16H15ClN2O2. The maximum absolute atomic E-state index is 11.3. The number of hydrazone groups is 1. The molecule has 21 heavy (non-hydrogen) atoms. The highest BCUT2D eigenvalue weighted by atomic mass is 35.5. The van der Waals surface area contributed by atoms with Crippen LogP contribution in [-0.4, -0.2) is 19.3 Å². The lowest BCUT2D eigenvalue weighted by Crippen LogP contribution is -2.00. The lowest BCUT2D eigenvalue weighted by atomic mass is 10.1. The van der Waals surface area contributed by atoms with Crippen molar-refractivity contribution in [3.05, 3.63) is 64.2 Å². The Labute approximate surface area is 128 Å². The normalized spacial score (nSPS) is 10.6. The van der Waals surface area contributed by atoms with E-state index in [1.54, 1.807) is 30.5 Å². The second-order valence-corrected chi connectivity index (χ2v) is 4.85. The molecule has 2 rings (SSSR count). The van der Waals surface area contributed by atoms with Crippen molar-refractivity contribution < 1.29 is 9.53 Å². The van der Waals surface area contributed by atoms with E-state index in [4.69, 9.17) is 11.6 Å². The molecule has 2 aromatic carbocycles. The van der Waals surface area contributed by atoms with Gasteiger partial charge in [-0.05, 0) is 42.3 Å². The van der Waals surface area contributed by atoms with E-state index < -0.39 is 0 Å². The number of anilines is 1. The van der Waals surface area contributed by atoms with Crippen LogP contribution in [0.1, 0.15) is 21.5 Å². The van der Waals surface area contributed by atoms with Crippen LogP contribution in [0, 0.1) is 6.92 Å². The Hall–Kier alpha value is -2.33. The van der Waals surface area contributed by atoms with Gasteiger partial charge in [0.2, 0.25) is 0 Å². The van der Waals surface area contributed by atoms with E-state index in [0.29, 0.717) is 10.6 Å². The summed E-state index contributed by atoms with van der Waals surface area (Å²) in [5.41, 5.74) is 6.11. The van der Waals surface area contributed by atoms with Crippen molar-refractivity contribution in [3.63, 3.8) is 0 Å². The molecule has 1 N–H and O–H groups in total. The lowest BCUT2D eigenvalue weighted by molar-refractivity contribution is 0.0601. The number of esters is 1. The lowest BCUT2D eigenvalue weighted by Gasteiger charge is -2.03. The topological polar surface area (TPSA) is 50.7 Å². The van der Waals surface area contributed by atoms with Gasteiger partial charge < -0.3 is 4.74 Å². The van der Waals surface area contributed by atoms with Crippen molar-refractivity contribution in [2.24, 2.45) is 5.10 Å². The second kappa shape index (κ2) is 6.90. The maximum atomic E-state index is 11.3. The Balaban J connectivity index is 2.01. The summed E-state index contributed by atoms with van der Waals surface area (Å²) in [6.07, 6.45) is 1.66. The molecule has 0 heterocycles. The molecule has 5 heteroatoms. The minimum atomic E-state index is -0.356. The number of aryl methyl sites for hydroxylation is 1. The largest absolute Gasteiger partial charge is 0.465 e. The number of nitrogens with one attached hydrogen (secondary N) is 1. The van der Waals surface area contributed by atoms with Gasteiger partial charge in [0, 0.05) is 5.02 Å². The monoisotopic (exact) mass is 302 g/mol. The first-order chi connectivity index (χ1) is 10.1. The van der Waals surface area contributed by atoms with Crippen LogP contribution in [0.5, 0.6) is 0 Å². The molecule has 0 aliphatic carbocycles. The summed E-state index contributed by atoms with van der Waals surface area (Å²) in [7, 11) is 1.36.